The van der Waals surface area contributed by atoms with Gasteiger partial charge in [-0.2, -0.15) is 0 Å². The Hall–Kier alpha value is -0.450. The molecule has 1 fully saturated rings. The van der Waals surface area contributed by atoms with Crippen LogP contribution in [0.5, 0.6) is 0 Å². The van der Waals surface area contributed by atoms with Crippen molar-refractivity contribution in [1.29, 1.82) is 0 Å². The molecule has 1 aliphatic heterocycles. The first-order valence-corrected chi connectivity index (χ1v) is 5.01. The van der Waals surface area contributed by atoms with E-state index in [9.17, 15) is 4.79 Å². The van der Waals surface area contributed by atoms with Crippen molar-refractivity contribution in [3.8, 4) is 0 Å². The van der Waals surface area contributed by atoms with E-state index in [1.807, 2.05) is 0 Å². The smallest absolute Gasteiger partial charge is 0.163 e. The number of methoxy groups -OCH3 is 1. The number of Topliss-reactive ketones (excluding diaryl/α,β-unsaturated/α-hetero) is 1. The molecule has 0 radical (unpaired) electrons. The Balaban J connectivity index is 2.07. The summed E-state index contributed by atoms with van der Waals surface area (Å²) in [7, 11) is 1.61. The molecule has 1 saturated heterocycles. The Morgan fingerprint density at radius 1 is 1.50 bits per heavy atom. The van der Waals surface area contributed by atoms with Crippen molar-refractivity contribution in [2.45, 2.75) is 12.8 Å². The lowest BCUT2D eigenvalue weighted by Gasteiger charge is -2.20. The monoisotopic (exact) mass is 202 g/mol. The van der Waals surface area contributed by atoms with E-state index in [2.05, 4.69) is 0 Å². The summed E-state index contributed by atoms with van der Waals surface area (Å²) >= 11 is 0. The Morgan fingerprint density at radius 3 is 3.00 bits per heavy atom. The summed E-state index contributed by atoms with van der Waals surface area (Å²) in [5.74, 6) is 0.201. The molecule has 1 heterocycles. The van der Waals surface area contributed by atoms with Crippen LogP contribution in [0.4, 0.5) is 0 Å². The molecule has 0 aromatic heterocycles. The fourth-order valence-corrected chi connectivity index (χ4v) is 1.43. The SMILES string of the molecule is COCCOCC(=O)C1CCCOC1. The van der Waals surface area contributed by atoms with Gasteiger partial charge in [0, 0.05) is 19.6 Å². The normalized spacial score (nSPS) is 22.2. The van der Waals surface area contributed by atoms with Crippen LogP contribution in [-0.2, 0) is 19.0 Å². The van der Waals surface area contributed by atoms with Crippen LogP contribution in [0.3, 0.4) is 0 Å². The van der Waals surface area contributed by atoms with E-state index < -0.39 is 0 Å². The number of ketones is 1. The quantitative estimate of drug-likeness (QED) is 0.593. The van der Waals surface area contributed by atoms with Crippen molar-refractivity contribution in [2.24, 2.45) is 5.92 Å². The molecule has 0 bridgehead atoms. The van der Waals surface area contributed by atoms with Gasteiger partial charge in [0.25, 0.3) is 0 Å². The predicted octanol–water partition coefficient (Wildman–Crippen LogP) is 0.645. The van der Waals surface area contributed by atoms with Gasteiger partial charge in [0.05, 0.1) is 19.8 Å². The van der Waals surface area contributed by atoms with Crippen molar-refractivity contribution < 1.29 is 19.0 Å². The number of hydrogen-bond acceptors (Lipinski definition) is 4. The lowest BCUT2D eigenvalue weighted by atomic mass is 9.98. The average Bonchev–Trinajstić information content (AvgIpc) is 2.25. The van der Waals surface area contributed by atoms with Crippen molar-refractivity contribution in [3.05, 3.63) is 0 Å². The number of hydrogen-bond donors (Lipinski definition) is 0. The average molecular weight is 202 g/mol. The summed E-state index contributed by atoms with van der Waals surface area (Å²) in [6, 6.07) is 0. The van der Waals surface area contributed by atoms with Crippen LogP contribution in [0.25, 0.3) is 0 Å². The molecule has 4 heteroatoms. The zero-order valence-electron chi connectivity index (χ0n) is 8.66. The highest BCUT2D eigenvalue weighted by Gasteiger charge is 2.21. The maximum absolute atomic E-state index is 11.5. The minimum Gasteiger partial charge on any atom is -0.382 e. The molecule has 0 aromatic carbocycles. The van der Waals surface area contributed by atoms with Gasteiger partial charge in [-0.1, -0.05) is 0 Å². The third kappa shape index (κ3) is 4.17. The van der Waals surface area contributed by atoms with E-state index in [0.717, 1.165) is 19.4 Å². The Morgan fingerprint density at radius 2 is 2.36 bits per heavy atom. The van der Waals surface area contributed by atoms with E-state index in [4.69, 9.17) is 14.2 Å². The molecule has 1 unspecified atom stereocenters. The second kappa shape index (κ2) is 6.92. The number of rotatable bonds is 6. The summed E-state index contributed by atoms with van der Waals surface area (Å²) in [5, 5.41) is 0. The van der Waals surface area contributed by atoms with Crippen LogP contribution in [0.2, 0.25) is 0 Å². The van der Waals surface area contributed by atoms with Crippen LogP contribution >= 0.6 is 0 Å². The van der Waals surface area contributed by atoms with E-state index in [0.29, 0.717) is 19.8 Å². The van der Waals surface area contributed by atoms with Gasteiger partial charge >= 0.3 is 0 Å². The van der Waals surface area contributed by atoms with Gasteiger partial charge in [-0.15, -0.1) is 0 Å². The van der Waals surface area contributed by atoms with Crippen molar-refractivity contribution in [2.75, 3.05) is 40.1 Å². The number of carbonyl (C=O) groups is 1. The van der Waals surface area contributed by atoms with E-state index >= 15 is 0 Å². The highest BCUT2D eigenvalue weighted by Crippen LogP contribution is 2.14. The largest absolute Gasteiger partial charge is 0.382 e. The Labute approximate surface area is 84.5 Å². The summed E-state index contributed by atoms with van der Waals surface area (Å²) in [6.45, 7) is 2.56. The Bertz CT molecular complexity index is 164. The van der Waals surface area contributed by atoms with Crippen molar-refractivity contribution in [3.63, 3.8) is 0 Å². The topological polar surface area (TPSA) is 44.8 Å². The number of carbonyl (C=O) groups excluding carboxylic acids is 1. The third-order valence-corrected chi connectivity index (χ3v) is 2.29. The predicted molar refractivity (Wildman–Crippen MR) is 51.2 cm³/mol. The van der Waals surface area contributed by atoms with E-state index in [1.165, 1.54) is 0 Å². The van der Waals surface area contributed by atoms with Crippen LogP contribution in [0, 0.1) is 5.92 Å². The molecule has 14 heavy (non-hydrogen) atoms. The van der Waals surface area contributed by atoms with Gasteiger partial charge in [-0.05, 0) is 12.8 Å². The molecule has 0 amide bonds. The first-order chi connectivity index (χ1) is 6.84. The highest BCUT2D eigenvalue weighted by atomic mass is 16.5. The van der Waals surface area contributed by atoms with Gasteiger partial charge in [-0.25, -0.2) is 0 Å². The summed E-state index contributed by atoms with van der Waals surface area (Å²) in [5.41, 5.74) is 0. The molecular weight excluding hydrogens is 184 g/mol. The molecule has 1 atom stereocenters. The molecular formula is C10H18O4. The highest BCUT2D eigenvalue weighted by molar-refractivity contribution is 5.82. The fraction of sp³-hybridized carbons (Fsp3) is 0.900. The molecule has 4 nitrogen and oxygen atoms in total. The van der Waals surface area contributed by atoms with Gasteiger partial charge < -0.3 is 14.2 Å². The molecule has 1 aliphatic rings. The lowest BCUT2D eigenvalue weighted by Crippen LogP contribution is -2.28. The zero-order valence-corrected chi connectivity index (χ0v) is 8.66. The molecule has 0 saturated carbocycles. The number of ether oxygens (including phenoxy) is 3. The van der Waals surface area contributed by atoms with Gasteiger partial charge in [0.2, 0.25) is 0 Å². The first-order valence-electron chi connectivity index (χ1n) is 5.01. The molecule has 1 rings (SSSR count). The minimum absolute atomic E-state index is 0.0475. The summed E-state index contributed by atoms with van der Waals surface area (Å²) in [6.07, 6.45) is 1.92. The van der Waals surface area contributed by atoms with Crippen molar-refractivity contribution >= 4 is 5.78 Å². The maximum atomic E-state index is 11.5. The summed E-state index contributed by atoms with van der Waals surface area (Å²) in [4.78, 5) is 11.5. The molecule has 0 aromatic rings. The van der Waals surface area contributed by atoms with E-state index in [1.54, 1.807) is 7.11 Å². The van der Waals surface area contributed by atoms with Gasteiger partial charge in [-0.3, -0.25) is 4.79 Å². The molecule has 0 spiro atoms. The van der Waals surface area contributed by atoms with E-state index in [-0.39, 0.29) is 18.3 Å². The first kappa shape index (κ1) is 11.6. The Kier molecular flexibility index (Phi) is 5.75. The maximum Gasteiger partial charge on any atom is 0.163 e. The zero-order chi connectivity index (χ0) is 10.2. The van der Waals surface area contributed by atoms with Crippen LogP contribution in [-0.4, -0.2) is 45.9 Å². The third-order valence-electron chi connectivity index (χ3n) is 2.29. The van der Waals surface area contributed by atoms with Gasteiger partial charge in [0.15, 0.2) is 5.78 Å². The molecule has 0 aliphatic carbocycles. The second-order valence-corrected chi connectivity index (χ2v) is 3.43. The second-order valence-electron chi connectivity index (χ2n) is 3.43. The summed E-state index contributed by atoms with van der Waals surface area (Å²) < 4.78 is 15.2. The van der Waals surface area contributed by atoms with Crippen LogP contribution in [0.1, 0.15) is 12.8 Å². The lowest BCUT2D eigenvalue weighted by molar-refractivity contribution is -0.131. The molecule has 0 N–H and O–H groups in total. The van der Waals surface area contributed by atoms with Crippen molar-refractivity contribution in [1.82, 2.24) is 0 Å². The molecule has 82 valence electrons. The minimum atomic E-state index is 0.0475. The van der Waals surface area contributed by atoms with Crippen LogP contribution < -0.4 is 0 Å². The van der Waals surface area contributed by atoms with Gasteiger partial charge in [0.1, 0.15) is 6.61 Å². The van der Waals surface area contributed by atoms with Crippen LogP contribution in [0.15, 0.2) is 0 Å². The fourth-order valence-electron chi connectivity index (χ4n) is 1.43. The standard InChI is InChI=1S/C10H18O4/c1-12-5-6-14-8-10(11)9-3-2-4-13-7-9/h9H,2-8H2,1H3.